The molecule has 6 aromatic rings. The van der Waals surface area contributed by atoms with E-state index in [-0.39, 0.29) is 24.4 Å². The summed E-state index contributed by atoms with van der Waals surface area (Å²) in [5, 5.41) is 16.5. The minimum atomic E-state index is -1.15. The summed E-state index contributed by atoms with van der Waals surface area (Å²) in [5.41, 5.74) is 6.95. The molecule has 2 amide bonds. The maximum absolute atomic E-state index is 13.5. The molecule has 2 N–H and O–H groups in total. The van der Waals surface area contributed by atoms with E-state index >= 15 is 0 Å². The third-order valence-electron chi connectivity index (χ3n) is 8.29. The van der Waals surface area contributed by atoms with Gasteiger partial charge in [0, 0.05) is 34.5 Å². The van der Waals surface area contributed by atoms with E-state index in [1.165, 1.54) is 17.6 Å². The number of carboxylic acids is 1. The molecule has 0 aliphatic rings. The number of rotatable bonds is 13. The highest BCUT2D eigenvalue weighted by Gasteiger charge is 2.20. The molecule has 6 rings (SSSR count). The lowest BCUT2D eigenvalue weighted by Gasteiger charge is -2.21. The standard InChI is InChI=1S/C40H33IN4O7/c1-25-6-10-27(11-7-25)28-14-16-29(17-15-28)38-43-39(52-44-38)30-12-8-26(9-13-30)23-45(24-37(47)48)40(49)31-18-20-32(21-19-31)42-36(46)22-33-34(50-2)4-3-5-35(33)51-41/h3-21H,22-24H2,1-2H3,(H,42,46)(H,47,48). The van der Waals surface area contributed by atoms with E-state index in [1.807, 2.05) is 24.3 Å². The summed E-state index contributed by atoms with van der Waals surface area (Å²) in [4.78, 5) is 43.8. The minimum Gasteiger partial charge on any atom is -0.496 e. The van der Waals surface area contributed by atoms with Crippen molar-refractivity contribution in [3.63, 3.8) is 0 Å². The van der Waals surface area contributed by atoms with Gasteiger partial charge in [0.1, 0.15) is 18.0 Å². The van der Waals surface area contributed by atoms with Crippen LogP contribution >= 0.6 is 23.0 Å². The first-order chi connectivity index (χ1) is 25.2. The van der Waals surface area contributed by atoms with Gasteiger partial charge in [-0.2, -0.15) is 4.98 Å². The number of carboxylic acid groups (broad SMARTS) is 1. The number of anilines is 1. The second kappa shape index (κ2) is 16.3. The van der Waals surface area contributed by atoms with E-state index in [0.717, 1.165) is 16.7 Å². The molecule has 0 unspecified atom stereocenters. The molecule has 0 saturated heterocycles. The number of aromatic nitrogens is 2. The van der Waals surface area contributed by atoms with Gasteiger partial charge >= 0.3 is 5.97 Å². The molecule has 1 heterocycles. The molecular weight excluding hydrogens is 775 g/mol. The summed E-state index contributed by atoms with van der Waals surface area (Å²) in [6.45, 7) is 1.60. The summed E-state index contributed by atoms with van der Waals surface area (Å²) in [7, 11) is 1.52. The molecule has 0 saturated carbocycles. The van der Waals surface area contributed by atoms with Crippen molar-refractivity contribution >= 4 is 46.5 Å². The topological polar surface area (TPSA) is 144 Å². The smallest absolute Gasteiger partial charge is 0.323 e. The highest BCUT2D eigenvalue weighted by atomic mass is 127. The summed E-state index contributed by atoms with van der Waals surface area (Å²) in [6, 6.07) is 34.9. The summed E-state index contributed by atoms with van der Waals surface area (Å²) in [5.74, 6) is -0.102. The van der Waals surface area contributed by atoms with Crippen molar-refractivity contribution in [2.75, 3.05) is 19.0 Å². The number of halogens is 1. The number of aliphatic carboxylic acids is 1. The normalized spacial score (nSPS) is 10.8. The summed E-state index contributed by atoms with van der Waals surface area (Å²) >= 11 is 1.75. The van der Waals surface area contributed by atoms with E-state index in [1.54, 1.807) is 89.7 Å². The van der Waals surface area contributed by atoms with Crippen molar-refractivity contribution in [3.05, 3.63) is 138 Å². The number of ether oxygens (including phenoxy) is 1. The predicted octanol–water partition coefficient (Wildman–Crippen LogP) is 8.02. The van der Waals surface area contributed by atoms with Gasteiger partial charge in [0.05, 0.1) is 13.5 Å². The molecule has 12 heteroatoms. The number of carbonyl (C=O) groups excluding carboxylic acids is 2. The molecule has 0 aliphatic heterocycles. The number of methoxy groups -OCH3 is 1. The monoisotopic (exact) mass is 808 g/mol. The number of hydrogen-bond donors (Lipinski definition) is 2. The van der Waals surface area contributed by atoms with Gasteiger partial charge < -0.3 is 27.6 Å². The molecule has 11 nitrogen and oxygen atoms in total. The Morgan fingerprint density at radius 2 is 1.42 bits per heavy atom. The Bertz CT molecular complexity index is 2160. The fourth-order valence-electron chi connectivity index (χ4n) is 5.58. The zero-order chi connectivity index (χ0) is 36.6. The van der Waals surface area contributed by atoms with E-state index < -0.39 is 18.4 Å². The molecule has 52 heavy (non-hydrogen) atoms. The second-order valence-corrected chi connectivity index (χ2v) is 12.4. The van der Waals surface area contributed by atoms with Crippen molar-refractivity contribution in [1.82, 2.24) is 15.0 Å². The zero-order valence-electron chi connectivity index (χ0n) is 28.2. The van der Waals surface area contributed by atoms with E-state index in [4.69, 9.17) is 12.3 Å². The van der Waals surface area contributed by atoms with E-state index in [9.17, 15) is 19.5 Å². The van der Waals surface area contributed by atoms with E-state index in [0.29, 0.717) is 45.6 Å². The number of nitrogens with one attached hydrogen (secondary N) is 1. The van der Waals surface area contributed by atoms with Crippen LogP contribution in [0.1, 0.15) is 27.0 Å². The van der Waals surface area contributed by atoms with Crippen LogP contribution in [0.15, 0.2) is 120 Å². The van der Waals surface area contributed by atoms with Crippen molar-refractivity contribution in [2.45, 2.75) is 19.9 Å². The van der Waals surface area contributed by atoms with Gasteiger partial charge in [-0.25, -0.2) is 0 Å². The van der Waals surface area contributed by atoms with Gasteiger partial charge in [0.15, 0.2) is 23.0 Å². The summed E-state index contributed by atoms with van der Waals surface area (Å²) < 4.78 is 16.3. The molecule has 0 fully saturated rings. The molecule has 0 bridgehead atoms. The van der Waals surface area contributed by atoms with Crippen LogP contribution in [0.5, 0.6) is 11.5 Å². The van der Waals surface area contributed by atoms with Crippen LogP contribution in [0, 0.1) is 6.92 Å². The molecule has 5 aromatic carbocycles. The molecule has 0 atom stereocenters. The van der Waals surface area contributed by atoms with Crippen molar-refractivity contribution in [1.29, 1.82) is 0 Å². The van der Waals surface area contributed by atoms with Crippen LogP contribution < -0.4 is 13.1 Å². The fourth-order valence-corrected chi connectivity index (χ4v) is 5.99. The first kappa shape index (κ1) is 35.8. The lowest BCUT2D eigenvalue weighted by Crippen LogP contribution is -2.35. The van der Waals surface area contributed by atoms with Crippen LogP contribution in [0.2, 0.25) is 0 Å². The number of aryl methyl sites for hydroxylation is 1. The second-order valence-electron chi connectivity index (χ2n) is 11.9. The molecule has 0 radical (unpaired) electrons. The first-order valence-corrected chi connectivity index (χ1v) is 17.0. The van der Waals surface area contributed by atoms with Gasteiger partial charge in [-0.1, -0.05) is 77.5 Å². The largest absolute Gasteiger partial charge is 0.496 e. The fraction of sp³-hybridized carbons (Fsp3) is 0.125. The Morgan fingerprint density at radius 3 is 2.06 bits per heavy atom. The SMILES string of the molecule is COc1cccc(OI)c1CC(=O)Nc1ccc(C(=O)N(CC(=O)O)Cc2ccc(-c3nc(-c4ccc(-c5ccc(C)cc5)cc4)no3)cc2)cc1. The van der Waals surface area contributed by atoms with Crippen LogP contribution in [-0.4, -0.2) is 51.6 Å². The Hall–Kier alpha value is -6.02. The van der Waals surface area contributed by atoms with Gasteiger partial charge in [0.2, 0.25) is 11.7 Å². The lowest BCUT2D eigenvalue weighted by atomic mass is 10.0. The lowest BCUT2D eigenvalue weighted by molar-refractivity contribution is -0.137. The van der Waals surface area contributed by atoms with Gasteiger partial charge in [-0.15, -0.1) is 0 Å². The number of benzene rings is 5. The average Bonchev–Trinajstić information content (AvgIpc) is 3.66. The maximum Gasteiger partial charge on any atom is 0.323 e. The Balaban J connectivity index is 1.09. The highest BCUT2D eigenvalue weighted by Crippen LogP contribution is 2.31. The van der Waals surface area contributed by atoms with Crippen LogP contribution in [-0.2, 0) is 22.6 Å². The maximum atomic E-state index is 13.5. The third-order valence-corrected chi connectivity index (χ3v) is 8.76. The molecule has 262 valence electrons. The quantitative estimate of drug-likeness (QED) is 0.111. The van der Waals surface area contributed by atoms with Crippen LogP contribution in [0.25, 0.3) is 34.0 Å². The predicted molar refractivity (Wildman–Crippen MR) is 204 cm³/mol. The zero-order valence-corrected chi connectivity index (χ0v) is 30.4. The Morgan fingerprint density at radius 1 is 0.808 bits per heavy atom. The number of amides is 2. The third kappa shape index (κ3) is 8.64. The van der Waals surface area contributed by atoms with Crippen molar-refractivity contribution in [2.24, 2.45) is 0 Å². The Labute approximate surface area is 313 Å². The van der Waals surface area contributed by atoms with Crippen LogP contribution in [0.4, 0.5) is 5.69 Å². The summed E-state index contributed by atoms with van der Waals surface area (Å²) in [6.07, 6.45) is 0.00460. The van der Waals surface area contributed by atoms with Gasteiger partial charge in [0.25, 0.3) is 11.8 Å². The molecule has 1 aromatic heterocycles. The first-order valence-electron chi connectivity index (χ1n) is 16.2. The van der Waals surface area contributed by atoms with Crippen molar-refractivity contribution in [3.8, 4) is 45.5 Å². The average molecular weight is 809 g/mol. The molecule has 0 spiro atoms. The van der Waals surface area contributed by atoms with Crippen molar-refractivity contribution < 1.29 is 31.8 Å². The highest BCUT2D eigenvalue weighted by molar-refractivity contribution is 14.1. The van der Waals surface area contributed by atoms with Crippen LogP contribution in [0.3, 0.4) is 0 Å². The molecular formula is C40H33IN4O7. The van der Waals surface area contributed by atoms with Gasteiger partial charge in [-0.3, -0.25) is 14.4 Å². The van der Waals surface area contributed by atoms with E-state index in [2.05, 4.69) is 46.6 Å². The minimum absolute atomic E-state index is 0.00460. The number of hydrogen-bond acceptors (Lipinski definition) is 8. The number of nitrogens with zero attached hydrogens (tertiary/aromatic N) is 3. The molecule has 0 aliphatic carbocycles. The Kier molecular flexibility index (Phi) is 11.2. The van der Waals surface area contributed by atoms with Gasteiger partial charge in [-0.05, 0) is 72.1 Å². The number of carbonyl (C=O) groups is 3.